The fraction of sp³-hybridized carbons (Fsp3) is 0.318. The van der Waals surface area contributed by atoms with Crippen molar-refractivity contribution in [1.29, 1.82) is 0 Å². The van der Waals surface area contributed by atoms with E-state index in [9.17, 15) is 14.4 Å². The van der Waals surface area contributed by atoms with E-state index in [2.05, 4.69) is 10.3 Å². The van der Waals surface area contributed by atoms with Gasteiger partial charge in [0, 0.05) is 22.2 Å². The van der Waals surface area contributed by atoms with Crippen molar-refractivity contribution in [2.24, 2.45) is 5.92 Å². The summed E-state index contributed by atoms with van der Waals surface area (Å²) in [5, 5.41) is 5.31. The maximum Gasteiger partial charge on any atom is 0.329 e. The highest BCUT2D eigenvalue weighted by molar-refractivity contribution is 7.12. The van der Waals surface area contributed by atoms with Crippen LogP contribution in [-0.2, 0) is 9.53 Å². The minimum absolute atomic E-state index is 0.191. The van der Waals surface area contributed by atoms with E-state index < -0.39 is 18.1 Å². The molecule has 0 unspecified atom stereocenters. The molecule has 3 aromatic rings. The third kappa shape index (κ3) is 4.40. The molecule has 0 radical (unpaired) electrons. The number of ether oxygens (including phenoxy) is 1. The minimum atomic E-state index is -0.972. The van der Waals surface area contributed by atoms with E-state index in [1.165, 1.54) is 11.3 Å². The molecule has 0 spiro atoms. The summed E-state index contributed by atoms with van der Waals surface area (Å²) in [5.41, 5.74) is 2.10. The molecule has 0 saturated carbocycles. The molecule has 0 aliphatic carbocycles. The number of esters is 1. The van der Waals surface area contributed by atoms with Gasteiger partial charge in [-0.15, -0.1) is 11.3 Å². The van der Waals surface area contributed by atoms with Crippen LogP contribution in [0.1, 0.15) is 46.5 Å². The number of Topliss-reactive ketones (excluding diaryl/α,β-unsaturated/α-hetero) is 1. The fourth-order valence-electron chi connectivity index (χ4n) is 3.22. The van der Waals surface area contributed by atoms with E-state index in [4.69, 9.17) is 4.74 Å². The van der Waals surface area contributed by atoms with Crippen molar-refractivity contribution < 1.29 is 19.1 Å². The third-order valence-corrected chi connectivity index (χ3v) is 5.62. The van der Waals surface area contributed by atoms with Gasteiger partial charge in [-0.25, -0.2) is 4.79 Å². The molecule has 2 atom stereocenters. The lowest BCUT2D eigenvalue weighted by Crippen LogP contribution is -2.46. The Morgan fingerprint density at radius 3 is 2.45 bits per heavy atom. The lowest BCUT2D eigenvalue weighted by Gasteiger charge is -2.22. The van der Waals surface area contributed by atoms with E-state index in [1.807, 2.05) is 45.0 Å². The van der Waals surface area contributed by atoms with Crippen LogP contribution in [0, 0.1) is 12.8 Å². The van der Waals surface area contributed by atoms with Crippen molar-refractivity contribution in [3.05, 3.63) is 57.9 Å². The molecule has 2 aromatic heterocycles. The molecular formula is C22H24N2O4S. The lowest BCUT2D eigenvalue weighted by atomic mass is 10.0. The number of aromatic amines is 1. The number of hydrogen-bond donors (Lipinski definition) is 2. The van der Waals surface area contributed by atoms with Gasteiger partial charge in [0.1, 0.15) is 6.04 Å². The molecule has 0 bridgehead atoms. The first-order chi connectivity index (χ1) is 13.8. The van der Waals surface area contributed by atoms with Crippen molar-refractivity contribution in [2.45, 2.75) is 39.8 Å². The van der Waals surface area contributed by atoms with Gasteiger partial charge in [-0.05, 0) is 37.3 Å². The minimum Gasteiger partial charge on any atom is -0.453 e. The average molecular weight is 413 g/mol. The summed E-state index contributed by atoms with van der Waals surface area (Å²) >= 11 is 1.29. The topological polar surface area (TPSA) is 88.3 Å². The second-order valence-corrected chi connectivity index (χ2v) is 8.23. The van der Waals surface area contributed by atoms with Gasteiger partial charge < -0.3 is 15.0 Å². The second-order valence-electron chi connectivity index (χ2n) is 7.29. The van der Waals surface area contributed by atoms with E-state index in [0.717, 1.165) is 16.6 Å². The van der Waals surface area contributed by atoms with Crippen molar-refractivity contribution in [2.75, 3.05) is 0 Å². The highest BCUT2D eigenvalue weighted by Crippen LogP contribution is 2.24. The van der Waals surface area contributed by atoms with E-state index >= 15 is 0 Å². The number of carbonyl (C=O) groups excluding carboxylic acids is 3. The number of fused-ring (bicyclic) bond motifs is 1. The van der Waals surface area contributed by atoms with Crippen LogP contribution in [0.3, 0.4) is 0 Å². The molecular weight excluding hydrogens is 388 g/mol. The quantitative estimate of drug-likeness (QED) is 0.452. The molecule has 0 fully saturated rings. The summed E-state index contributed by atoms with van der Waals surface area (Å²) in [5.74, 6) is -1.42. The number of benzene rings is 1. The standard InChI is InChI=1S/C22H24N2O4S/c1-12(2)19(24-21(26)17-10-7-11-29-17)22(27)28-14(4)20(25)18-13(3)23-16-9-6-5-8-15(16)18/h5-12,14,19,23H,1-4H3,(H,24,26)/t14-,19-/m0/s1. The zero-order chi connectivity index (χ0) is 21.1. The van der Waals surface area contributed by atoms with Crippen LogP contribution in [0.15, 0.2) is 41.8 Å². The van der Waals surface area contributed by atoms with Gasteiger partial charge in [-0.3, -0.25) is 9.59 Å². The van der Waals surface area contributed by atoms with Crippen LogP contribution in [0.2, 0.25) is 0 Å². The van der Waals surface area contributed by atoms with Crippen LogP contribution in [0.5, 0.6) is 0 Å². The summed E-state index contributed by atoms with van der Waals surface area (Å²) in [6, 6.07) is 10.1. The van der Waals surface area contributed by atoms with Gasteiger partial charge in [-0.1, -0.05) is 38.1 Å². The Hall–Kier alpha value is -2.93. The number of ketones is 1. The van der Waals surface area contributed by atoms with Crippen molar-refractivity contribution in [3.8, 4) is 0 Å². The Morgan fingerprint density at radius 2 is 1.79 bits per heavy atom. The largest absolute Gasteiger partial charge is 0.453 e. The fourth-order valence-corrected chi connectivity index (χ4v) is 3.84. The number of thiophene rings is 1. The summed E-state index contributed by atoms with van der Waals surface area (Å²) < 4.78 is 5.47. The van der Waals surface area contributed by atoms with E-state index in [-0.39, 0.29) is 17.6 Å². The first-order valence-corrected chi connectivity index (χ1v) is 10.3. The van der Waals surface area contributed by atoms with Crippen molar-refractivity contribution >= 4 is 39.9 Å². The van der Waals surface area contributed by atoms with Crippen LogP contribution >= 0.6 is 11.3 Å². The SMILES string of the molecule is Cc1[nH]c2ccccc2c1C(=O)[C@H](C)OC(=O)[C@@H](NC(=O)c1cccs1)C(C)C. The maximum absolute atomic E-state index is 13.0. The number of carbonyl (C=O) groups is 3. The smallest absolute Gasteiger partial charge is 0.329 e. The summed E-state index contributed by atoms with van der Waals surface area (Å²) in [7, 11) is 0. The number of amides is 1. The van der Waals surface area contributed by atoms with Crippen LogP contribution in [-0.4, -0.2) is 34.8 Å². The highest BCUT2D eigenvalue weighted by atomic mass is 32.1. The molecule has 1 amide bonds. The number of aromatic nitrogens is 1. The third-order valence-electron chi connectivity index (χ3n) is 4.75. The van der Waals surface area contributed by atoms with Crippen molar-refractivity contribution in [1.82, 2.24) is 10.3 Å². The molecule has 29 heavy (non-hydrogen) atoms. The molecule has 6 nitrogen and oxygen atoms in total. The summed E-state index contributed by atoms with van der Waals surface area (Å²) in [4.78, 5) is 41.8. The normalized spacial score (nSPS) is 13.3. The number of nitrogens with one attached hydrogen (secondary N) is 2. The number of H-pyrrole nitrogens is 1. The zero-order valence-electron chi connectivity index (χ0n) is 16.8. The Bertz CT molecular complexity index is 1040. The molecule has 3 rings (SSSR count). The van der Waals surface area contributed by atoms with Crippen molar-refractivity contribution in [3.63, 3.8) is 0 Å². The molecule has 0 aliphatic heterocycles. The van der Waals surface area contributed by atoms with Crippen LogP contribution in [0.25, 0.3) is 10.9 Å². The molecule has 1 aromatic carbocycles. The predicted molar refractivity (Wildman–Crippen MR) is 113 cm³/mol. The first-order valence-electron chi connectivity index (χ1n) is 9.46. The Labute approximate surface area is 173 Å². The molecule has 7 heteroatoms. The number of para-hydroxylation sites is 1. The van der Waals surface area contributed by atoms with Gasteiger partial charge in [0.25, 0.3) is 5.91 Å². The van der Waals surface area contributed by atoms with Gasteiger partial charge in [0.05, 0.1) is 4.88 Å². The molecule has 2 heterocycles. The predicted octanol–water partition coefficient (Wildman–Crippen LogP) is 4.11. The Balaban J connectivity index is 1.74. The monoisotopic (exact) mass is 412 g/mol. The van der Waals surface area contributed by atoms with Gasteiger partial charge in [0.15, 0.2) is 6.10 Å². The van der Waals surface area contributed by atoms with Crippen LogP contribution < -0.4 is 5.32 Å². The van der Waals surface area contributed by atoms with Gasteiger partial charge >= 0.3 is 5.97 Å². The van der Waals surface area contributed by atoms with Gasteiger partial charge in [0.2, 0.25) is 5.78 Å². The molecule has 152 valence electrons. The molecule has 0 saturated heterocycles. The number of aryl methyl sites for hydroxylation is 1. The summed E-state index contributed by atoms with van der Waals surface area (Å²) in [6.07, 6.45) is -0.972. The second kappa shape index (κ2) is 8.61. The summed E-state index contributed by atoms with van der Waals surface area (Å²) in [6.45, 7) is 7.01. The lowest BCUT2D eigenvalue weighted by molar-refractivity contribution is -0.149. The Morgan fingerprint density at radius 1 is 1.07 bits per heavy atom. The Kier molecular flexibility index (Phi) is 6.17. The highest BCUT2D eigenvalue weighted by Gasteiger charge is 2.31. The van der Waals surface area contributed by atoms with E-state index in [1.54, 1.807) is 24.4 Å². The first kappa shape index (κ1) is 20.8. The molecule has 2 N–H and O–H groups in total. The van der Waals surface area contributed by atoms with E-state index in [0.29, 0.717) is 10.4 Å². The number of rotatable bonds is 7. The van der Waals surface area contributed by atoms with Crippen LogP contribution in [0.4, 0.5) is 0 Å². The van der Waals surface area contributed by atoms with Gasteiger partial charge in [-0.2, -0.15) is 0 Å². The number of hydrogen-bond acceptors (Lipinski definition) is 5. The molecule has 0 aliphatic rings. The maximum atomic E-state index is 13.0. The zero-order valence-corrected chi connectivity index (χ0v) is 17.6. The average Bonchev–Trinajstić information content (AvgIpc) is 3.32.